The summed E-state index contributed by atoms with van der Waals surface area (Å²) in [5.74, 6) is -0.359. The Labute approximate surface area is 96.4 Å². The summed E-state index contributed by atoms with van der Waals surface area (Å²) in [6.45, 7) is -0.160. The topological polar surface area (TPSA) is 46.0 Å². The molecule has 2 rings (SSSR count). The highest BCUT2D eigenvalue weighted by molar-refractivity contribution is 7.99. The van der Waals surface area contributed by atoms with Crippen molar-refractivity contribution in [3.05, 3.63) is 48.2 Å². The Balaban J connectivity index is 2.22. The van der Waals surface area contributed by atoms with Crippen molar-refractivity contribution in [1.29, 1.82) is 0 Å². The smallest absolute Gasteiger partial charge is 0.137 e. The third-order valence-electron chi connectivity index (χ3n) is 1.93. The minimum Gasteiger partial charge on any atom is -0.392 e. The molecule has 2 aromatic rings. The fourth-order valence-corrected chi connectivity index (χ4v) is 1.92. The highest BCUT2D eigenvalue weighted by Gasteiger charge is 2.05. The van der Waals surface area contributed by atoms with Gasteiger partial charge in [-0.3, -0.25) is 4.98 Å². The van der Waals surface area contributed by atoms with Crippen molar-refractivity contribution in [3.63, 3.8) is 0 Å². The molecule has 0 amide bonds. The molecule has 0 aliphatic rings. The van der Waals surface area contributed by atoms with Crippen LogP contribution in [0.2, 0.25) is 0 Å². The van der Waals surface area contributed by atoms with E-state index in [0.717, 1.165) is 0 Å². The second-order valence-corrected chi connectivity index (χ2v) is 4.13. The molecule has 0 bridgehead atoms. The van der Waals surface area contributed by atoms with Crippen LogP contribution in [0.5, 0.6) is 0 Å². The third kappa shape index (κ3) is 2.56. The molecule has 0 unspecified atom stereocenters. The fourth-order valence-electron chi connectivity index (χ4n) is 1.18. The molecule has 1 N–H and O–H groups in total. The van der Waals surface area contributed by atoms with E-state index in [1.807, 2.05) is 0 Å². The van der Waals surface area contributed by atoms with Gasteiger partial charge in [-0.05, 0) is 17.7 Å². The second-order valence-electron chi connectivity index (χ2n) is 3.07. The van der Waals surface area contributed by atoms with Gasteiger partial charge in [0, 0.05) is 17.3 Å². The Bertz CT molecular complexity index is 479. The van der Waals surface area contributed by atoms with Gasteiger partial charge in [0.05, 0.1) is 12.8 Å². The predicted molar refractivity (Wildman–Crippen MR) is 58.5 cm³/mol. The maximum Gasteiger partial charge on any atom is 0.137 e. The van der Waals surface area contributed by atoms with E-state index in [-0.39, 0.29) is 12.4 Å². The molecular formula is C11H9FN2OS. The van der Waals surface area contributed by atoms with Gasteiger partial charge in [-0.25, -0.2) is 9.37 Å². The number of halogens is 1. The monoisotopic (exact) mass is 236 g/mol. The number of aromatic nitrogens is 2. The summed E-state index contributed by atoms with van der Waals surface area (Å²) in [7, 11) is 0. The number of aliphatic hydroxyl groups excluding tert-OH is 1. The van der Waals surface area contributed by atoms with Crippen LogP contribution >= 0.6 is 11.8 Å². The van der Waals surface area contributed by atoms with E-state index >= 15 is 0 Å². The standard InChI is InChI=1S/C11H9FN2OS/c12-9-5-8(7-15)1-2-10(9)16-11-6-13-3-4-14-11/h1-6,15H,7H2. The first-order chi connectivity index (χ1) is 7.79. The summed E-state index contributed by atoms with van der Waals surface area (Å²) >= 11 is 1.20. The van der Waals surface area contributed by atoms with Crippen LogP contribution in [0.3, 0.4) is 0 Å². The van der Waals surface area contributed by atoms with Crippen molar-refractivity contribution in [2.24, 2.45) is 0 Å². The van der Waals surface area contributed by atoms with E-state index in [2.05, 4.69) is 9.97 Å². The van der Waals surface area contributed by atoms with Crippen LogP contribution in [0.15, 0.2) is 46.7 Å². The van der Waals surface area contributed by atoms with Crippen molar-refractivity contribution in [2.75, 3.05) is 0 Å². The average molecular weight is 236 g/mol. The maximum absolute atomic E-state index is 13.5. The minimum absolute atomic E-state index is 0.160. The third-order valence-corrected chi connectivity index (χ3v) is 2.90. The van der Waals surface area contributed by atoms with Crippen LogP contribution in [-0.2, 0) is 6.61 Å². The highest BCUT2D eigenvalue weighted by Crippen LogP contribution is 2.28. The highest BCUT2D eigenvalue weighted by atomic mass is 32.2. The van der Waals surface area contributed by atoms with E-state index in [4.69, 9.17) is 5.11 Å². The molecule has 16 heavy (non-hydrogen) atoms. The van der Waals surface area contributed by atoms with Crippen LogP contribution < -0.4 is 0 Å². The largest absolute Gasteiger partial charge is 0.392 e. The molecule has 0 fully saturated rings. The molecule has 0 aliphatic carbocycles. The van der Waals surface area contributed by atoms with Gasteiger partial charge >= 0.3 is 0 Å². The Kier molecular flexibility index (Phi) is 3.48. The van der Waals surface area contributed by atoms with E-state index in [0.29, 0.717) is 15.5 Å². The summed E-state index contributed by atoms with van der Waals surface area (Å²) < 4.78 is 13.5. The molecule has 0 radical (unpaired) electrons. The van der Waals surface area contributed by atoms with Crippen molar-refractivity contribution in [2.45, 2.75) is 16.5 Å². The van der Waals surface area contributed by atoms with Gasteiger partial charge in [0.1, 0.15) is 10.8 Å². The van der Waals surface area contributed by atoms with Gasteiger partial charge in [-0.2, -0.15) is 0 Å². The Morgan fingerprint density at radius 2 is 2.19 bits per heavy atom. The van der Waals surface area contributed by atoms with Crippen LogP contribution in [-0.4, -0.2) is 15.1 Å². The first-order valence-corrected chi connectivity index (χ1v) is 5.44. The van der Waals surface area contributed by atoms with Crippen LogP contribution in [0.1, 0.15) is 5.56 Å². The summed E-state index contributed by atoms with van der Waals surface area (Å²) in [6, 6.07) is 4.63. The zero-order valence-corrected chi connectivity index (χ0v) is 9.12. The normalized spacial score (nSPS) is 10.4. The summed E-state index contributed by atoms with van der Waals surface area (Å²) in [5.41, 5.74) is 0.556. The number of benzene rings is 1. The van der Waals surface area contributed by atoms with Crippen LogP contribution in [0.25, 0.3) is 0 Å². The van der Waals surface area contributed by atoms with Gasteiger partial charge < -0.3 is 5.11 Å². The quantitative estimate of drug-likeness (QED) is 0.888. The minimum atomic E-state index is -0.359. The van der Waals surface area contributed by atoms with Gasteiger partial charge in [-0.15, -0.1) is 0 Å². The first-order valence-electron chi connectivity index (χ1n) is 4.63. The second kappa shape index (κ2) is 5.05. The molecular weight excluding hydrogens is 227 g/mol. The number of nitrogens with zero attached hydrogens (tertiary/aromatic N) is 2. The zero-order chi connectivity index (χ0) is 11.4. The number of hydrogen-bond acceptors (Lipinski definition) is 4. The predicted octanol–water partition coefficient (Wildman–Crippen LogP) is 2.26. The van der Waals surface area contributed by atoms with E-state index in [1.165, 1.54) is 17.8 Å². The Hall–Kier alpha value is -1.46. The fraction of sp³-hybridized carbons (Fsp3) is 0.0909. The average Bonchev–Trinajstić information content (AvgIpc) is 2.33. The van der Waals surface area contributed by atoms with Crippen LogP contribution in [0.4, 0.5) is 4.39 Å². The maximum atomic E-state index is 13.5. The van der Waals surface area contributed by atoms with E-state index in [1.54, 1.807) is 30.7 Å². The lowest BCUT2D eigenvalue weighted by atomic mass is 10.2. The molecule has 82 valence electrons. The molecule has 1 heterocycles. The lowest BCUT2D eigenvalue weighted by Crippen LogP contribution is -1.88. The van der Waals surface area contributed by atoms with E-state index in [9.17, 15) is 4.39 Å². The molecule has 5 heteroatoms. The molecule has 0 saturated heterocycles. The van der Waals surface area contributed by atoms with Crippen molar-refractivity contribution in [1.82, 2.24) is 9.97 Å². The molecule has 0 atom stereocenters. The lowest BCUT2D eigenvalue weighted by Gasteiger charge is -2.03. The zero-order valence-electron chi connectivity index (χ0n) is 8.30. The molecule has 3 nitrogen and oxygen atoms in total. The molecule has 1 aromatic heterocycles. The van der Waals surface area contributed by atoms with Gasteiger partial charge in [0.25, 0.3) is 0 Å². The lowest BCUT2D eigenvalue weighted by molar-refractivity contribution is 0.281. The Morgan fingerprint density at radius 1 is 1.31 bits per heavy atom. The number of hydrogen-bond donors (Lipinski definition) is 1. The van der Waals surface area contributed by atoms with Crippen molar-refractivity contribution >= 4 is 11.8 Å². The van der Waals surface area contributed by atoms with Gasteiger partial charge in [0.15, 0.2) is 0 Å². The first kappa shape index (κ1) is 11.0. The summed E-state index contributed by atoms with van der Waals surface area (Å²) in [4.78, 5) is 8.41. The summed E-state index contributed by atoms with van der Waals surface area (Å²) in [6.07, 6.45) is 4.70. The Morgan fingerprint density at radius 3 is 2.81 bits per heavy atom. The van der Waals surface area contributed by atoms with Crippen LogP contribution in [0, 0.1) is 5.82 Å². The van der Waals surface area contributed by atoms with Gasteiger partial charge in [0.2, 0.25) is 0 Å². The molecule has 1 aromatic carbocycles. The molecule has 0 spiro atoms. The van der Waals surface area contributed by atoms with E-state index < -0.39 is 0 Å². The number of rotatable bonds is 3. The van der Waals surface area contributed by atoms with Crippen molar-refractivity contribution in [3.8, 4) is 0 Å². The van der Waals surface area contributed by atoms with Crippen molar-refractivity contribution < 1.29 is 9.50 Å². The SMILES string of the molecule is OCc1ccc(Sc2cnccn2)c(F)c1. The number of aliphatic hydroxyl groups is 1. The molecule has 0 aliphatic heterocycles. The van der Waals surface area contributed by atoms with Gasteiger partial charge in [-0.1, -0.05) is 17.8 Å². The summed E-state index contributed by atoms with van der Waals surface area (Å²) in [5, 5.41) is 9.48. The molecule has 0 saturated carbocycles.